The summed E-state index contributed by atoms with van der Waals surface area (Å²) < 4.78 is 10.2. The molecule has 1 aromatic rings. The average Bonchev–Trinajstić information content (AvgIpc) is 3.13. The summed E-state index contributed by atoms with van der Waals surface area (Å²) >= 11 is 0. The number of aliphatic hydroxyl groups excluding tert-OH is 1. The SMILES string of the molecule is COCCC(=O)N1CCC2(CC1)CC(O)CN(C(=O)c1ccco1)C2. The topological polar surface area (TPSA) is 83.2 Å². The Bertz CT molecular complexity index is 593. The van der Waals surface area contributed by atoms with Crippen LogP contribution in [0.4, 0.5) is 0 Å². The molecule has 0 bridgehead atoms. The van der Waals surface area contributed by atoms with Crippen molar-refractivity contribution in [2.45, 2.75) is 31.8 Å². The Hall–Kier alpha value is -1.86. The van der Waals surface area contributed by atoms with Crippen LogP contribution in [-0.4, -0.2) is 72.7 Å². The summed E-state index contributed by atoms with van der Waals surface area (Å²) in [5.74, 6) is 0.231. The van der Waals surface area contributed by atoms with E-state index in [1.54, 1.807) is 24.1 Å². The minimum atomic E-state index is -0.539. The number of methoxy groups -OCH3 is 1. The highest BCUT2D eigenvalue weighted by molar-refractivity contribution is 5.91. The van der Waals surface area contributed by atoms with E-state index in [4.69, 9.17) is 9.15 Å². The number of ether oxygens (including phenoxy) is 1. The molecule has 7 nitrogen and oxygen atoms in total. The molecule has 1 unspecified atom stereocenters. The van der Waals surface area contributed by atoms with E-state index in [9.17, 15) is 14.7 Å². The standard InChI is InChI=1S/C18H26N2O5/c1-24-10-4-16(22)19-7-5-18(6-8-19)11-14(21)12-20(13-18)17(23)15-3-2-9-25-15/h2-3,9,14,21H,4-8,10-13H2,1H3. The normalized spacial score (nSPS) is 23.0. The number of carbonyl (C=O) groups is 2. The highest BCUT2D eigenvalue weighted by Crippen LogP contribution is 2.40. The van der Waals surface area contributed by atoms with Gasteiger partial charge >= 0.3 is 0 Å². The van der Waals surface area contributed by atoms with Gasteiger partial charge in [-0.2, -0.15) is 0 Å². The van der Waals surface area contributed by atoms with Gasteiger partial charge in [0.25, 0.3) is 5.91 Å². The summed E-state index contributed by atoms with van der Waals surface area (Å²) in [7, 11) is 1.59. The third-order valence-corrected chi connectivity index (χ3v) is 5.34. The number of carbonyl (C=O) groups excluding carboxylic acids is 2. The van der Waals surface area contributed by atoms with Crippen molar-refractivity contribution in [2.75, 3.05) is 39.9 Å². The third kappa shape index (κ3) is 4.04. The number of hydrogen-bond acceptors (Lipinski definition) is 5. The van der Waals surface area contributed by atoms with Crippen molar-refractivity contribution in [3.63, 3.8) is 0 Å². The van der Waals surface area contributed by atoms with Gasteiger partial charge in [-0.15, -0.1) is 0 Å². The van der Waals surface area contributed by atoms with Crippen LogP contribution in [0.15, 0.2) is 22.8 Å². The highest BCUT2D eigenvalue weighted by Gasteiger charge is 2.43. The van der Waals surface area contributed by atoms with Crippen molar-refractivity contribution in [2.24, 2.45) is 5.41 Å². The fourth-order valence-electron chi connectivity index (χ4n) is 4.00. The maximum absolute atomic E-state index is 12.6. The molecule has 0 aromatic carbocycles. The van der Waals surface area contributed by atoms with Gasteiger partial charge in [0.1, 0.15) is 0 Å². The lowest BCUT2D eigenvalue weighted by Gasteiger charge is -2.49. The Balaban J connectivity index is 1.62. The van der Waals surface area contributed by atoms with E-state index in [1.807, 2.05) is 4.90 Å². The highest BCUT2D eigenvalue weighted by atomic mass is 16.5. The smallest absolute Gasteiger partial charge is 0.289 e. The Kier molecular flexibility index (Phi) is 5.44. The zero-order chi connectivity index (χ0) is 17.9. The van der Waals surface area contributed by atoms with Crippen LogP contribution in [0.1, 0.15) is 36.2 Å². The number of furan rings is 1. The third-order valence-electron chi connectivity index (χ3n) is 5.34. The summed E-state index contributed by atoms with van der Waals surface area (Å²) in [4.78, 5) is 28.3. The largest absolute Gasteiger partial charge is 0.459 e. The van der Waals surface area contributed by atoms with Gasteiger partial charge in [-0.05, 0) is 36.8 Å². The molecule has 3 heterocycles. The Morgan fingerprint density at radius 3 is 2.76 bits per heavy atom. The van der Waals surface area contributed by atoms with Crippen LogP contribution in [0.2, 0.25) is 0 Å². The molecule has 1 N–H and O–H groups in total. The van der Waals surface area contributed by atoms with Crippen LogP contribution in [0.5, 0.6) is 0 Å². The van der Waals surface area contributed by atoms with Gasteiger partial charge in [0, 0.05) is 33.3 Å². The Labute approximate surface area is 147 Å². The minimum absolute atomic E-state index is 0.108. The van der Waals surface area contributed by atoms with Crippen molar-refractivity contribution in [3.8, 4) is 0 Å². The lowest BCUT2D eigenvalue weighted by molar-refractivity contribution is -0.135. The van der Waals surface area contributed by atoms with Gasteiger partial charge in [0.2, 0.25) is 5.91 Å². The number of aliphatic hydroxyl groups is 1. The van der Waals surface area contributed by atoms with Crippen LogP contribution < -0.4 is 0 Å². The van der Waals surface area contributed by atoms with Crippen molar-refractivity contribution in [1.29, 1.82) is 0 Å². The van der Waals surface area contributed by atoms with Crippen molar-refractivity contribution in [1.82, 2.24) is 9.80 Å². The molecule has 0 aliphatic carbocycles. The summed E-state index contributed by atoms with van der Waals surface area (Å²) in [6.07, 6.45) is 3.61. The first-order valence-corrected chi connectivity index (χ1v) is 8.80. The van der Waals surface area contributed by atoms with Crippen LogP contribution >= 0.6 is 0 Å². The van der Waals surface area contributed by atoms with Gasteiger partial charge in [0.15, 0.2) is 5.76 Å². The number of nitrogens with zero attached hydrogens (tertiary/aromatic N) is 2. The van der Waals surface area contributed by atoms with Crippen molar-refractivity contribution in [3.05, 3.63) is 24.2 Å². The maximum atomic E-state index is 12.6. The van der Waals surface area contributed by atoms with Gasteiger partial charge in [0.05, 0.1) is 25.4 Å². The van der Waals surface area contributed by atoms with Crippen LogP contribution in [-0.2, 0) is 9.53 Å². The molecular weight excluding hydrogens is 324 g/mol. The van der Waals surface area contributed by atoms with E-state index < -0.39 is 6.10 Å². The predicted molar refractivity (Wildman–Crippen MR) is 90.0 cm³/mol. The number of amides is 2. The summed E-state index contributed by atoms with van der Waals surface area (Å²) in [5, 5.41) is 10.3. The molecular formula is C18H26N2O5. The molecule has 1 atom stereocenters. The molecule has 2 aliphatic rings. The number of β-amino-alcohol motifs (C(OH)–C–C–N with tert-alkyl or cyclic N) is 1. The molecule has 7 heteroatoms. The first-order valence-electron chi connectivity index (χ1n) is 8.80. The van der Waals surface area contributed by atoms with E-state index in [0.29, 0.717) is 51.4 Å². The van der Waals surface area contributed by atoms with Gasteiger partial charge in [-0.1, -0.05) is 0 Å². The zero-order valence-corrected chi connectivity index (χ0v) is 14.6. The second-order valence-electron chi connectivity index (χ2n) is 7.14. The Morgan fingerprint density at radius 2 is 2.12 bits per heavy atom. The number of hydrogen-bond donors (Lipinski definition) is 1. The van der Waals surface area contributed by atoms with E-state index in [2.05, 4.69) is 0 Å². The van der Waals surface area contributed by atoms with Gasteiger partial charge in [-0.3, -0.25) is 9.59 Å². The molecule has 25 heavy (non-hydrogen) atoms. The fourth-order valence-corrected chi connectivity index (χ4v) is 4.00. The van der Waals surface area contributed by atoms with Crippen LogP contribution in [0, 0.1) is 5.41 Å². The first kappa shape index (κ1) is 17.9. The predicted octanol–water partition coefficient (Wildman–Crippen LogP) is 1.13. The molecule has 2 saturated heterocycles. The quantitative estimate of drug-likeness (QED) is 0.880. The zero-order valence-electron chi connectivity index (χ0n) is 14.6. The molecule has 2 amide bonds. The van der Waals surface area contributed by atoms with Crippen molar-refractivity contribution < 1.29 is 23.8 Å². The lowest BCUT2D eigenvalue weighted by Crippen LogP contribution is -2.55. The fraction of sp³-hybridized carbons (Fsp3) is 0.667. The lowest BCUT2D eigenvalue weighted by atomic mass is 9.71. The molecule has 0 saturated carbocycles. The maximum Gasteiger partial charge on any atom is 0.289 e. The van der Waals surface area contributed by atoms with Gasteiger partial charge in [-0.25, -0.2) is 0 Å². The van der Waals surface area contributed by atoms with Crippen LogP contribution in [0.25, 0.3) is 0 Å². The van der Waals surface area contributed by atoms with Gasteiger partial charge < -0.3 is 24.1 Å². The monoisotopic (exact) mass is 350 g/mol. The Morgan fingerprint density at radius 1 is 1.36 bits per heavy atom. The van der Waals surface area contributed by atoms with E-state index in [0.717, 1.165) is 12.8 Å². The first-order chi connectivity index (χ1) is 12.0. The average molecular weight is 350 g/mol. The molecule has 138 valence electrons. The minimum Gasteiger partial charge on any atom is -0.459 e. The summed E-state index contributed by atoms with van der Waals surface area (Å²) in [6.45, 7) is 2.70. The molecule has 2 aliphatic heterocycles. The summed E-state index contributed by atoms with van der Waals surface area (Å²) in [5.41, 5.74) is -0.127. The molecule has 1 spiro atoms. The molecule has 3 rings (SSSR count). The van der Waals surface area contributed by atoms with Crippen molar-refractivity contribution >= 4 is 11.8 Å². The second kappa shape index (κ2) is 7.58. The van der Waals surface area contributed by atoms with E-state index in [1.165, 1.54) is 6.26 Å². The van der Waals surface area contributed by atoms with Crippen LogP contribution in [0.3, 0.4) is 0 Å². The molecule has 1 aromatic heterocycles. The number of likely N-dealkylation sites (tertiary alicyclic amines) is 2. The summed E-state index contributed by atoms with van der Waals surface area (Å²) in [6, 6.07) is 3.33. The molecule has 2 fully saturated rings. The molecule has 0 radical (unpaired) electrons. The van der Waals surface area contributed by atoms with E-state index in [-0.39, 0.29) is 17.2 Å². The second-order valence-corrected chi connectivity index (χ2v) is 7.14. The number of rotatable bonds is 4. The van der Waals surface area contributed by atoms with E-state index >= 15 is 0 Å². The number of piperidine rings is 2.